The molecule has 1 aliphatic heterocycles. The van der Waals surface area contributed by atoms with Gasteiger partial charge in [0.25, 0.3) is 0 Å². The highest BCUT2D eigenvalue weighted by molar-refractivity contribution is 6.35. The van der Waals surface area contributed by atoms with Crippen molar-refractivity contribution >= 4 is 11.8 Å². The molecule has 0 bridgehead atoms. The van der Waals surface area contributed by atoms with Gasteiger partial charge in [-0.25, -0.2) is 0 Å². The van der Waals surface area contributed by atoms with E-state index in [0.29, 0.717) is 19.0 Å². The predicted octanol–water partition coefficient (Wildman–Crippen LogP) is -0.300. The molecule has 0 aromatic heterocycles. The average Bonchev–Trinajstić information content (AvgIpc) is 3.02. The highest BCUT2D eigenvalue weighted by atomic mass is 16.2. The van der Waals surface area contributed by atoms with E-state index in [0.717, 1.165) is 6.54 Å². The zero-order chi connectivity index (χ0) is 10.8. The van der Waals surface area contributed by atoms with Crippen LogP contribution in [0.1, 0.15) is 12.8 Å². The summed E-state index contributed by atoms with van der Waals surface area (Å²) in [5.74, 6) is 2.19. The molecule has 15 heavy (non-hydrogen) atoms. The van der Waals surface area contributed by atoms with E-state index in [1.54, 1.807) is 4.90 Å². The van der Waals surface area contributed by atoms with Gasteiger partial charge in [-0.2, -0.15) is 0 Å². The topological polar surface area (TPSA) is 40.6 Å². The summed E-state index contributed by atoms with van der Waals surface area (Å²) >= 11 is 0. The molecule has 0 N–H and O–H groups in total. The van der Waals surface area contributed by atoms with Gasteiger partial charge < -0.3 is 9.80 Å². The van der Waals surface area contributed by atoms with Crippen LogP contribution in [0.5, 0.6) is 0 Å². The average molecular weight is 206 g/mol. The first kappa shape index (κ1) is 10.0. The van der Waals surface area contributed by atoms with Gasteiger partial charge in [-0.05, 0) is 18.8 Å². The monoisotopic (exact) mass is 206 g/mol. The van der Waals surface area contributed by atoms with Crippen molar-refractivity contribution in [2.75, 3.05) is 26.2 Å². The van der Waals surface area contributed by atoms with Gasteiger partial charge in [0.1, 0.15) is 0 Å². The lowest BCUT2D eigenvalue weighted by Crippen LogP contribution is -2.54. The smallest absolute Gasteiger partial charge is 0.312 e. The maximum absolute atomic E-state index is 11.6. The second-order valence-corrected chi connectivity index (χ2v) is 4.13. The zero-order valence-electron chi connectivity index (χ0n) is 8.61. The molecule has 2 rings (SSSR count). The number of carbonyl (C=O) groups is 2. The standard InChI is InChI=1S/C11H14N2O2/c1-2-5-12-6-7-13(8-9-3-4-9)11(15)10(12)14/h1,9H,3-8H2. The fourth-order valence-electron chi connectivity index (χ4n) is 1.76. The van der Waals surface area contributed by atoms with Gasteiger partial charge in [-0.3, -0.25) is 9.59 Å². The Morgan fingerprint density at radius 2 is 1.80 bits per heavy atom. The summed E-state index contributed by atoms with van der Waals surface area (Å²) in [6.45, 7) is 2.18. The maximum Gasteiger partial charge on any atom is 0.312 e. The summed E-state index contributed by atoms with van der Waals surface area (Å²) in [5.41, 5.74) is 0. The first-order valence-corrected chi connectivity index (χ1v) is 5.24. The molecule has 1 saturated carbocycles. The van der Waals surface area contributed by atoms with Gasteiger partial charge in [0.05, 0.1) is 6.54 Å². The molecule has 4 heteroatoms. The lowest BCUT2D eigenvalue weighted by Gasteiger charge is -2.32. The normalized spacial score (nSPS) is 21.8. The van der Waals surface area contributed by atoms with Crippen molar-refractivity contribution in [1.82, 2.24) is 9.80 Å². The van der Waals surface area contributed by atoms with Crippen LogP contribution >= 0.6 is 0 Å². The number of nitrogens with zero attached hydrogens (tertiary/aromatic N) is 2. The van der Waals surface area contributed by atoms with E-state index in [9.17, 15) is 9.59 Å². The van der Waals surface area contributed by atoms with Gasteiger partial charge in [-0.1, -0.05) is 5.92 Å². The molecule has 0 radical (unpaired) electrons. The maximum atomic E-state index is 11.6. The van der Waals surface area contributed by atoms with Crippen LogP contribution < -0.4 is 0 Å². The predicted molar refractivity (Wildman–Crippen MR) is 54.7 cm³/mol. The van der Waals surface area contributed by atoms with Crippen LogP contribution in [0, 0.1) is 18.3 Å². The van der Waals surface area contributed by atoms with Gasteiger partial charge in [-0.15, -0.1) is 6.42 Å². The molecular formula is C11H14N2O2. The molecule has 0 unspecified atom stereocenters. The number of rotatable bonds is 3. The van der Waals surface area contributed by atoms with Crippen LogP contribution in [0.3, 0.4) is 0 Å². The summed E-state index contributed by atoms with van der Waals surface area (Å²) in [6.07, 6.45) is 7.50. The molecule has 0 aromatic rings. The lowest BCUT2D eigenvalue weighted by atomic mass is 10.2. The molecule has 0 atom stereocenters. The van der Waals surface area contributed by atoms with Crippen LogP contribution in [-0.4, -0.2) is 47.8 Å². The Balaban J connectivity index is 1.94. The molecule has 0 spiro atoms. The number of terminal acetylenes is 1. The third-order valence-electron chi connectivity index (χ3n) is 2.85. The molecule has 2 aliphatic rings. The van der Waals surface area contributed by atoms with E-state index in [4.69, 9.17) is 6.42 Å². The molecule has 4 nitrogen and oxygen atoms in total. The molecule has 1 heterocycles. The summed E-state index contributed by atoms with van der Waals surface area (Å²) in [5, 5.41) is 0. The van der Waals surface area contributed by atoms with Gasteiger partial charge in [0, 0.05) is 19.6 Å². The number of hydrogen-bond donors (Lipinski definition) is 0. The van der Waals surface area contributed by atoms with Gasteiger partial charge >= 0.3 is 11.8 Å². The molecule has 1 saturated heterocycles. The van der Waals surface area contributed by atoms with E-state index in [-0.39, 0.29) is 12.5 Å². The summed E-state index contributed by atoms with van der Waals surface area (Å²) in [4.78, 5) is 26.3. The van der Waals surface area contributed by atoms with Gasteiger partial charge in [0.2, 0.25) is 0 Å². The van der Waals surface area contributed by atoms with Crippen LogP contribution in [-0.2, 0) is 9.59 Å². The Kier molecular flexibility index (Phi) is 2.63. The fourth-order valence-corrected chi connectivity index (χ4v) is 1.76. The van der Waals surface area contributed by atoms with Crippen molar-refractivity contribution < 1.29 is 9.59 Å². The number of amides is 2. The van der Waals surface area contributed by atoms with Crippen LogP contribution in [0.25, 0.3) is 0 Å². The van der Waals surface area contributed by atoms with Crippen LogP contribution in [0.4, 0.5) is 0 Å². The fraction of sp³-hybridized carbons (Fsp3) is 0.636. The van der Waals surface area contributed by atoms with E-state index < -0.39 is 5.91 Å². The first-order valence-electron chi connectivity index (χ1n) is 5.24. The minimum Gasteiger partial charge on any atom is -0.332 e. The molecule has 0 aromatic carbocycles. The van der Waals surface area contributed by atoms with Crippen molar-refractivity contribution in [3.05, 3.63) is 0 Å². The Morgan fingerprint density at radius 3 is 2.40 bits per heavy atom. The Labute approximate surface area is 89.2 Å². The summed E-state index contributed by atoms with van der Waals surface area (Å²) in [7, 11) is 0. The van der Waals surface area contributed by atoms with E-state index in [1.165, 1.54) is 17.7 Å². The minimum atomic E-state index is -0.445. The Bertz CT molecular complexity index is 328. The Hall–Kier alpha value is -1.50. The van der Waals surface area contributed by atoms with Crippen molar-refractivity contribution in [3.63, 3.8) is 0 Å². The van der Waals surface area contributed by atoms with Crippen LogP contribution in [0.2, 0.25) is 0 Å². The number of hydrogen-bond acceptors (Lipinski definition) is 2. The first-order chi connectivity index (χ1) is 7.22. The van der Waals surface area contributed by atoms with Crippen molar-refractivity contribution in [2.24, 2.45) is 5.92 Å². The van der Waals surface area contributed by atoms with Crippen molar-refractivity contribution in [2.45, 2.75) is 12.8 Å². The van der Waals surface area contributed by atoms with Crippen molar-refractivity contribution in [1.29, 1.82) is 0 Å². The second kappa shape index (κ2) is 3.93. The SMILES string of the molecule is C#CCN1CCN(CC2CC2)C(=O)C1=O. The molecule has 80 valence electrons. The summed E-state index contributed by atoms with van der Waals surface area (Å²) < 4.78 is 0. The third kappa shape index (κ3) is 2.12. The van der Waals surface area contributed by atoms with Gasteiger partial charge in [0.15, 0.2) is 0 Å². The number of piperazine rings is 1. The molecule has 1 aliphatic carbocycles. The highest BCUT2D eigenvalue weighted by Gasteiger charge is 2.35. The van der Waals surface area contributed by atoms with Crippen LogP contribution in [0.15, 0.2) is 0 Å². The molecule has 2 fully saturated rings. The number of carbonyl (C=O) groups excluding carboxylic acids is 2. The minimum absolute atomic E-state index is 0.238. The van der Waals surface area contributed by atoms with Crippen molar-refractivity contribution in [3.8, 4) is 12.3 Å². The van der Waals surface area contributed by atoms with E-state index >= 15 is 0 Å². The largest absolute Gasteiger partial charge is 0.332 e. The third-order valence-corrected chi connectivity index (χ3v) is 2.85. The molecular weight excluding hydrogens is 192 g/mol. The van der Waals surface area contributed by atoms with E-state index in [1.807, 2.05) is 0 Å². The lowest BCUT2D eigenvalue weighted by molar-refractivity contribution is -0.155. The second-order valence-electron chi connectivity index (χ2n) is 4.13. The zero-order valence-corrected chi connectivity index (χ0v) is 8.61. The molecule has 2 amide bonds. The highest BCUT2D eigenvalue weighted by Crippen LogP contribution is 2.30. The summed E-state index contributed by atoms with van der Waals surface area (Å²) in [6, 6.07) is 0. The quantitative estimate of drug-likeness (QED) is 0.470. The van der Waals surface area contributed by atoms with E-state index in [2.05, 4.69) is 5.92 Å². The Morgan fingerprint density at radius 1 is 1.20 bits per heavy atom.